The molecule has 1 aliphatic rings. The molecular weight excluding hydrogens is 387 g/mol. The molecule has 1 saturated heterocycles. The Kier molecular flexibility index (Phi) is 6.54. The summed E-state index contributed by atoms with van der Waals surface area (Å²) in [5.74, 6) is -0.830. The summed E-state index contributed by atoms with van der Waals surface area (Å²) in [6.45, 7) is 1.87. The van der Waals surface area contributed by atoms with Gasteiger partial charge in [0.1, 0.15) is 5.82 Å². The average Bonchev–Trinajstić information content (AvgIpc) is 2.73. The minimum absolute atomic E-state index is 0.0364. The first kappa shape index (κ1) is 19.8. The van der Waals surface area contributed by atoms with E-state index in [0.29, 0.717) is 37.7 Å². The Balaban J connectivity index is 1.43. The Morgan fingerprint density at radius 1 is 1.18 bits per heavy atom. The van der Waals surface area contributed by atoms with Crippen LogP contribution in [0.5, 0.6) is 0 Å². The van der Waals surface area contributed by atoms with Crippen LogP contribution in [0.15, 0.2) is 42.7 Å². The number of halogens is 2. The van der Waals surface area contributed by atoms with E-state index in [0.717, 1.165) is 0 Å². The Morgan fingerprint density at radius 3 is 2.57 bits per heavy atom. The van der Waals surface area contributed by atoms with E-state index in [-0.39, 0.29) is 17.5 Å². The van der Waals surface area contributed by atoms with Gasteiger partial charge in [-0.15, -0.1) is 0 Å². The fourth-order valence-electron chi connectivity index (χ4n) is 2.66. The molecule has 0 radical (unpaired) electrons. The second-order valence-corrected chi connectivity index (χ2v) is 6.44. The van der Waals surface area contributed by atoms with Gasteiger partial charge in [0.2, 0.25) is 5.95 Å². The molecule has 0 unspecified atom stereocenters. The molecule has 146 valence electrons. The van der Waals surface area contributed by atoms with Crippen LogP contribution in [0.1, 0.15) is 5.56 Å². The number of ether oxygens (including phenoxy) is 1. The molecule has 2 heterocycles. The van der Waals surface area contributed by atoms with Crippen LogP contribution in [0.4, 0.5) is 10.3 Å². The molecule has 1 fully saturated rings. The molecule has 0 spiro atoms. The maximum Gasteiger partial charge on any atom is 0.331 e. The summed E-state index contributed by atoms with van der Waals surface area (Å²) >= 11 is 5.68. The van der Waals surface area contributed by atoms with Crippen molar-refractivity contribution in [2.24, 2.45) is 0 Å². The van der Waals surface area contributed by atoms with Crippen LogP contribution >= 0.6 is 11.6 Å². The molecule has 0 aliphatic carbocycles. The minimum atomic E-state index is -0.662. The molecule has 0 N–H and O–H groups in total. The third-order valence-electron chi connectivity index (χ3n) is 4.16. The number of amides is 1. The molecule has 2 aromatic rings. The van der Waals surface area contributed by atoms with Crippen LogP contribution in [0.2, 0.25) is 5.02 Å². The molecule has 0 saturated carbocycles. The van der Waals surface area contributed by atoms with Gasteiger partial charge in [0.25, 0.3) is 5.91 Å². The Morgan fingerprint density at radius 2 is 1.89 bits per heavy atom. The number of carbonyl (C=O) groups is 2. The molecule has 1 aromatic heterocycles. The molecule has 1 aliphatic heterocycles. The normalized spacial score (nSPS) is 14.4. The van der Waals surface area contributed by atoms with E-state index in [1.165, 1.54) is 30.4 Å². The maximum atomic E-state index is 13.1. The highest BCUT2D eigenvalue weighted by molar-refractivity contribution is 6.30. The molecule has 1 aromatic carbocycles. The van der Waals surface area contributed by atoms with E-state index in [1.807, 2.05) is 4.90 Å². The SMILES string of the molecule is O=C(/C=C/c1ccc(F)c(Cl)c1)OCC(=O)N1CCN(c2ncccn2)CC1. The number of nitrogens with zero attached hydrogens (tertiary/aromatic N) is 4. The minimum Gasteiger partial charge on any atom is -0.452 e. The number of hydrogen-bond acceptors (Lipinski definition) is 6. The lowest BCUT2D eigenvalue weighted by Crippen LogP contribution is -2.50. The van der Waals surface area contributed by atoms with Crippen LogP contribution < -0.4 is 4.90 Å². The molecule has 1 amide bonds. The van der Waals surface area contributed by atoms with Crippen LogP contribution in [-0.4, -0.2) is 59.5 Å². The molecule has 3 rings (SSSR count). The van der Waals surface area contributed by atoms with E-state index in [4.69, 9.17) is 16.3 Å². The summed E-state index contributed by atoms with van der Waals surface area (Å²) in [5, 5.41) is -0.0364. The fraction of sp³-hybridized carbons (Fsp3) is 0.263. The molecule has 0 bridgehead atoms. The topological polar surface area (TPSA) is 75.6 Å². The highest BCUT2D eigenvalue weighted by Crippen LogP contribution is 2.17. The quantitative estimate of drug-likeness (QED) is 0.561. The summed E-state index contributed by atoms with van der Waals surface area (Å²) in [6, 6.07) is 5.82. The van der Waals surface area contributed by atoms with Crippen molar-refractivity contribution in [3.63, 3.8) is 0 Å². The summed E-state index contributed by atoms with van der Waals surface area (Å²) < 4.78 is 18.1. The van der Waals surface area contributed by atoms with Gasteiger partial charge >= 0.3 is 5.97 Å². The number of carbonyl (C=O) groups excluding carboxylic acids is 2. The summed E-state index contributed by atoms with van der Waals surface area (Å²) in [6.07, 6.45) is 5.96. The summed E-state index contributed by atoms with van der Waals surface area (Å²) in [7, 11) is 0. The van der Waals surface area contributed by atoms with Crippen molar-refractivity contribution >= 4 is 35.5 Å². The van der Waals surface area contributed by atoms with E-state index < -0.39 is 11.8 Å². The van der Waals surface area contributed by atoms with Gasteiger partial charge in [-0.3, -0.25) is 4.79 Å². The lowest BCUT2D eigenvalue weighted by molar-refractivity contribution is -0.148. The molecular formula is C19H18ClFN4O3. The highest BCUT2D eigenvalue weighted by Gasteiger charge is 2.22. The van der Waals surface area contributed by atoms with Gasteiger partial charge in [-0.05, 0) is 29.8 Å². The third kappa shape index (κ3) is 5.26. The number of anilines is 1. The van der Waals surface area contributed by atoms with Crippen molar-refractivity contribution in [2.75, 3.05) is 37.7 Å². The van der Waals surface area contributed by atoms with Gasteiger partial charge in [-0.2, -0.15) is 0 Å². The largest absolute Gasteiger partial charge is 0.452 e. The lowest BCUT2D eigenvalue weighted by Gasteiger charge is -2.34. The monoisotopic (exact) mass is 404 g/mol. The van der Waals surface area contributed by atoms with Gasteiger partial charge in [0.15, 0.2) is 6.61 Å². The Hall–Kier alpha value is -3.00. The maximum absolute atomic E-state index is 13.1. The molecule has 0 atom stereocenters. The van der Waals surface area contributed by atoms with E-state index >= 15 is 0 Å². The van der Waals surface area contributed by atoms with E-state index in [2.05, 4.69) is 9.97 Å². The van der Waals surface area contributed by atoms with Crippen LogP contribution in [0, 0.1) is 5.82 Å². The number of rotatable bonds is 5. The van der Waals surface area contributed by atoms with Crippen molar-refractivity contribution < 1.29 is 18.7 Å². The van der Waals surface area contributed by atoms with Gasteiger partial charge in [0.05, 0.1) is 5.02 Å². The second kappa shape index (κ2) is 9.27. The lowest BCUT2D eigenvalue weighted by atomic mass is 10.2. The summed E-state index contributed by atoms with van der Waals surface area (Å²) in [5.41, 5.74) is 0.550. The first-order valence-corrected chi connectivity index (χ1v) is 9.00. The van der Waals surface area contributed by atoms with Crippen LogP contribution in [-0.2, 0) is 14.3 Å². The zero-order valence-corrected chi connectivity index (χ0v) is 15.7. The Labute approximate surface area is 166 Å². The summed E-state index contributed by atoms with van der Waals surface area (Å²) in [4.78, 5) is 36.0. The van der Waals surface area contributed by atoms with Crippen molar-refractivity contribution in [1.29, 1.82) is 0 Å². The number of benzene rings is 1. The molecule has 7 nitrogen and oxygen atoms in total. The van der Waals surface area contributed by atoms with Gasteiger partial charge < -0.3 is 14.5 Å². The fourth-order valence-corrected chi connectivity index (χ4v) is 2.85. The van der Waals surface area contributed by atoms with Crippen molar-refractivity contribution in [2.45, 2.75) is 0 Å². The van der Waals surface area contributed by atoms with Crippen LogP contribution in [0.25, 0.3) is 6.08 Å². The standard InChI is InChI=1S/C19H18ClFN4O3/c20-15-12-14(2-4-16(15)21)3-5-18(27)28-13-17(26)24-8-10-25(11-9-24)19-22-6-1-7-23-19/h1-7,12H,8-11,13H2/b5-3+. The third-order valence-corrected chi connectivity index (χ3v) is 4.45. The number of piperazine rings is 1. The van der Waals surface area contributed by atoms with Crippen molar-refractivity contribution in [3.05, 3.63) is 59.1 Å². The highest BCUT2D eigenvalue weighted by atomic mass is 35.5. The smallest absolute Gasteiger partial charge is 0.331 e. The average molecular weight is 405 g/mol. The first-order valence-electron chi connectivity index (χ1n) is 8.62. The number of aromatic nitrogens is 2. The van der Waals surface area contributed by atoms with E-state index in [1.54, 1.807) is 23.4 Å². The van der Waals surface area contributed by atoms with Crippen molar-refractivity contribution in [1.82, 2.24) is 14.9 Å². The van der Waals surface area contributed by atoms with Crippen LogP contribution in [0.3, 0.4) is 0 Å². The molecule has 9 heteroatoms. The van der Waals surface area contributed by atoms with Gasteiger partial charge in [-0.1, -0.05) is 17.7 Å². The zero-order chi connectivity index (χ0) is 19.9. The Bertz CT molecular complexity index is 871. The first-order chi connectivity index (χ1) is 13.5. The van der Waals surface area contributed by atoms with Gasteiger partial charge in [-0.25, -0.2) is 19.2 Å². The predicted molar refractivity (Wildman–Crippen MR) is 102 cm³/mol. The second-order valence-electron chi connectivity index (χ2n) is 6.03. The van der Waals surface area contributed by atoms with Gasteiger partial charge in [0, 0.05) is 44.6 Å². The predicted octanol–water partition coefficient (Wildman–Crippen LogP) is 2.17. The number of esters is 1. The molecule has 28 heavy (non-hydrogen) atoms. The van der Waals surface area contributed by atoms with Crippen molar-refractivity contribution in [3.8, 4) is 0 Å². The zero-order valence-electron chi connectivity index (χ0n) is 14.9. The van der Waals surface area contributed by atoms with E-state index in [9.17, 15) is 14.0 Å². The number of hydrogen-bond donors (Lipinski definition) is 0.